The first-order valence-electron chi connectivity index (χ1n) is 4.83. The molecule has 2 aromatic rings. The topological polar surface area (TPSA) is 54.6 Å². The molecule has 0 aromatic carbocycles. The lowest BCUT2D eigenvalue weighted by molar-refractivity contribution is -0.136. The zero-order valence-corrected chi connectivity index (χ0v) is 9.70. The van der Waals surface area contributed by atoms with Gasteiger partial charge in [0.2, 0.25) is 0 Å². The van der Waals surface area contributed by atoms with Crippen LogP contribution in [0.2, 0.25) is 0 Å². The van der Waals surface area contributed by atoms with E-state index in [0.29, 0.717) is 6.42 Å². The Kier molecular flexibility index (Phi) is 3.90. The molecule has 0 fully saturated rings. The molecule has 16 heavy (non-hydrogen) atoms. The van der Waals surface area contributed by atoms with E-state index >= 15 is 0 Å². The van der Waals surface area contributed by atoms with Crippen LogP contribution in [0.3, 0.4) is 0 Å². The highest BCUT2D eigenvalue weighted by atomic mass is 35.5. The number of carboxylic acid groups (broad SMARTS) is 1. The number of rotatable bonds is 3. The first kappa shape index (κ1) is 12.5. The van der Waals surface area contributed by atoms with Gasteiger partial charge in [0.25, 0.3) is 0 Å². The van der Waals surface area contributed by atoms with E-state index in [0.717, 1.165) is 17.0 Å². The number of aromatic nitrogens is 2. The molecule has 0 unspecified atom stereocenters. The molecule has 4 nitrogen and oxygen atoms in total. The number of fused-ring (bicyclic) bond motifs is 1. The molecule has 0 bridgehead atoms. The van der Waals surface area contributed by atoms with Gasteiger partial charge < -0.3 is 9.51 Å². The Hall–Kier alpha value is -1.55. The van der Waals surface area contributed by atoms with Gasteiger partial charge in [0.15, 0.2) is 0 Å². The molecule has 2 aromatic heterocycles. The van der Waals surface area contributed by atoms with Gasteiger partial charge in [-0.25, -0.2) is 4.98 Å². The molecule has 0 saturated carbocycles. The predicted molar refractivity (Wildman–Crippen MR) is 63.1 cm³/mol. The van der Waals surface area contributed by atoms with E-state index in [1.54, 1.807) is 0 Å². The van der Waals surface area contributed by atoms with Gasteiger partial charge in [-0.2, -0.15) is 0 Å². The minimum atomic E-state index is -0.778. The van der Waals surface area contributed by atoms with E-state index in [2.05, 4.69) is 4.98 Å². The number of halogens is 1. The van der Waals surface area contributed by atoms with Crippen molar-refractivity contribution < 1.29 is 9.90 Å². The molecule has 86 valence electrons. The quantitative estimate of drug-likeness (QED) is 0.894. The third-order valence-electron chi connectivity index (χ3n) is 2.40. The highest BCUT2D eigenvalue weighted by Gasteiger charge is 2.09. The van der Waals surface area contributed by atoms with Gasteiger partial charge >= 0.3 is 5.97 Å². The summed E-state index contributed by atoms with van der Waals surface area (Å²) >= 11 is 0. The summed E-state index contributed by atoms with van der Waals surface area (Å²) < 4.78 is 1.94. The van der Waals surface area contributed by atoms with Crippen molar-refractivity contribution in [2.75, 3.05) is 0 Å². The second-order valence-electron chi connectivity index (χ2n) is 3.47. The van der Waals surface area contributed by atoms with Gasteiger partial charge in [0.05, 0.1) is 12.1 Å². The van der Waals surface area contributed by atoms with Crippen LogP contribution >= 0.6 is 12.4 Å². The van der Waals surface area contributed by atoms with Gasteiger partial charge in [-0.1, -0.05) is 6.07 Å². The van der Waals surface area contributed by atoms with Crippen LogP contribution in [-0.4, -0.2) is 20.5 Å². The monoisotopic (exact) mass is 240 g/mol. The van der Waals surface area contributed by atoms with Gasteiger partial charge in [-0.3, -0.25) is 4.79 Å². The standard InChI is InChI=1S/C11H12N2O2.ClH/c1-8-9(5-6-11(14)15)13-7-3-2-4-10(13)12-8;/h2-4,7H,5-6H2,1H3,(H,14,15);1H. The molecule has 0 spiro atoms. The van der Waals surface area contributed by atoms with Crippen molar-refractivity contribution in [3.8, 4) is 0 Å². The molecule has 0 aliphatic carbocycles. The first-order valence-corrected chi connectivity index (χ1v) is 4.83. The van der Waals surface area contributed by atoms with E-state index < -0.39 is 5.97 Å². The third-order valence-corrected chi connectivity index (χ3v) is 2.40. The number of carboxylic acids is 1. The Bertz CT molecular complexity index is 508. The SMILES string of the molecule is Cc1nc2ccccn2c1CCC(=O)O.Cl. The molecule has 0 atom stereocenters. The number of carbonyl (C=O) groups is 1. The largest absolute Gasteiger partial charge is 0.481 e. The summed E-state index contributed by atoms with van der Waals surface area (Å²) in [7, 11) is 0. The number of pyridine rings is 1. The third kappa shape index (κ3) is 2.33. The minimum Gasteiger partial charge on any atom is -0.481 e. The number of hydrogen-bond acceptors (Lipinski definition) is 2. The molecule has 0 aliphatic rings. The van der Waals surface area contributed by atoms with Crippen LogP contribution in [0.4, 0.5) is 0 Å². The van der Waals surface area contributed by atoms with Crippen LogP contribution in [0.5, 0.6) is 0 Å². The molecule has 0 radical (unpaired) electrons. The lowest BCUT2D eigenvalue weighted by Crippen LogP contribution is -2.01. The van der Waals surface area contributed by atoms with E-state index in [1.807, 2.05) is 35.7 Å². The minimum absolute atomic E-state index is 0. The molecular weight excluding hydrogens is 228 g/mol. The molecule has 0 amide bonds. The fourth-order valence-electron chi connectivity index (χ4n) is 1.69. The number of nitrogens with zero attached hydrogens (tertiary/aromatic N) is 2. The lowest BCUT2D eigenvalue weighted by Gasteiger charge is -2.00. The second kappa shape index (κ2) is 4.99. The Morgan fingerprint density at radius 3 is 2.94 bits per heavy atom. The van der Waals surface area contributed by atoms with E-state index in [-0.39, 0.29) is 18.8 Å². The maximum atomic E-state index is 10.5. The molecule has 2 heterocycles. The highest BCUT2D eigenvalue weighted by Crippen LogP contribution is 2.13. The zero-order valence-electron chi connectivity index (χ0n) is 8.88. The summed E-state index contributed by atoms with van der Waals surface area (Å²) in [6.45, 7) is 1.91. The fourth-order valence-corrected chi connectivity index (χ4v) is 1.69. The highest BCUT2D eigenvalue weighted by molar-refractivity contribution is 5.85. The van der Waals surface area contributed by atoms with Crippen LogP contribution in [0.25, 0.3) is 5.65 Å². The second-order valence-corrected chi connectivity index (χ2v) is 3.47. The summed E-state index contributed by atoms with van der Waals surface area (Å²) in [5, 5.41) is 8.65. The normalized spacial score (nSPS) is 10.1. The van der Waals surface area contributed by atoms with Gasteiger partial charge in [0.1, 0.15) is 5.65 Å². The van der Waals surface area contributed by atoms with Gasteiger partial charge in [-0.05, 0) is 19.1 Å². The number of aryl methyl sites for hydroxylation is 2. The Labute approximate surface area is 99.3 Å². The summed E-state index contributed by atoms with van der Waals surface area (Å²) in [5.74, 6) is -0.778. The van der Waals surface area contributed by atoms with E-state index in [1.165, 1.54) is 0 Å². The Balaban J connectivity index is 0.00000128. The molecule has 1 N–H and O–H groups in total. The molecule has 2 rings (SSSR count). The van der Waals surface area contributed by atoms with Crippen molar-refractivity contribution in [2.24, 2.45) is 0 Å². The van der Waals surface area contributed by atoms with Crippen molar-refractivity contribution >= 4 is 24.0 Å². The maximum absolute atomic E-state index is 10.5. The Morgan fingerprint density at radius 2 is 2.25 bits per heavy atom. The average Bonchev–Trinajstić information content (AvgIpc) is 2.50. The maximum Gasteiger partial charge on any atom is 0.303 e. The smallest absolute Gasteiger partial charge is 0.303 e. The zero-order chi connectivity index (χ0) is 10.8. The number of aliphatic carboxylic acids is 1. The molecule has 0 saturated heterocycles. The Morgan fingerprint density at radius 1 is 1.50 bits per heavy atom. The summed E-state index contributed by atoms with van der Waals surface area (Å²) in [6, 6.07) is 5.75. The van der Waals surface area contributed by atoms with Crippen molar-refractivity contribution in [3.05, 3.63) is 35.8 Å². The molecule has 5 heteroatoms. The summed E-state index contributed by atoms with van der Waals surface area (Å²) in [6.07, 6.45) is 2.57. The van der Waals surface area contributed by atoms with Crippen molar-refractivity contribution in [3.63, 3.8) is 0 Å². The fraction of sp³-hybridized carbons (Fsp3) is 0.273. The molecule has 0 aliphatic heterocycles. The average molecular weight is 241 g/mol. The lowest BCUT2D eigenvalue weighted by atomic mass is 10.2. The molecular formula is C11H13ClN2O2. The van der Waals surface area contributed by atoms with Crippen LogP contribution in [0.1, 0.15) is 17.8 Å². The van der Waals surface area contributed by atoms with Crippen molar-refractivity contribution in [1.82, 2.24) is 9.38 Å². The van der Waals surface area contributed by atoms with Gasteiger partial charge in [-0.15, -0.1) is 12.4 Å². The van der Waals surface area contributed by atoms with Crippen molar-refractivity contribution in [1.29, 1.82) is 0 Å². The van der Waals surface area contributed by atoms with Crippen molar-refractivity contribution in [2.45, 2.75) is 19.8 Å². The summed E-state index contributed by atoms with van der Waals surface area (Å²) in [5.41, 5.74) is 2.76. The van der Waals surface area contributed by atoms with Crippen LogP contribution in [-0.2, 0) is 11.2 Å². The summed E-state index contributed by atoms with van der Waals surface area (Å²) in [4.78, 5) is 14.9. The van der Waals surface area contributed by atoms with E-state index in [9.17, 15) is 4.79 Å². The predicted octanol–water partition coefficient (Wildman–Crippen LogP) is 2.08. The van der Waals surface area contributed by atoms with Crippen LogP contribution < -0.4 is 0 Å². The van der Waals surface area contributed by atoms with Gasteiger partial charge in [0, 0.05) is 18.3 Å². The number of hydrogen-bond donors (Lipinski definition) is 1. The first-order chi connectivity index (χ1) is 7.18. The van der Waals surface area contributed by atoms with Crippen LogP contribution in [0.15, 0.2) is 24.4 Å². The van der Waals surface area contributed by atoms with E-state index in [4.69, 9.17) is 5.11 Å². The van der Waals surface area contributed by atoms with Crippen LogP contribution in [0, 0.1) is 6.92 Å². The number of imidazole rings is 1.